The van der Waals surface area contributed by atoms with Crippen molar-refractivity contribution in [3.05, 3.63) is 94.5 Å². The van der Waals surface area contributed by atoms with Crippen LogP contribution in [0.15, 0.2) is 72.8 Å². The highest BCUT2D eigenvalue weighted by atomic mass is 35.5. The van der Waals surface area contributed by atoms with Gasteiger partial charge in [0.2, 0.25) is 21.8 Å². The van der Waals surface area contributed by atoms with E-state index in [-0.39, 0.29) is 43.8 Å². The Hall–Kier alpha value is -3.56. The zero-order chi connectivity index (χ0) is 30.9. The van der Waals surface area contributed by atoms with Crippen LogP contribution >= 0.6 is 11.6 Å². The second-order valence-corrected chi connectivity index (χ2v) is 12.9. The Morgan fingerprint density at radius 3 is 2.29 bits per heavy atom. The van der Waals surface area contributed by atoms with Gasteiger partial charge in [0.15, 0.2) is 0 Å². The summed E-state index contributed by atoms with van der Waals surface area (Å²) < 4.78 is 32.1. The highest BCUT2D eigenvalue weighted by Gasteiger charge is 2.31. The van der Waals surface area contributed by atoms with E-state index in [1.807, 2.05) is 68.4 Å². The third kappa shape index (κ3) is 9.22. The molecule has 1 N–H and O–H groups in total. The molecule has 0 unspecified atom stereocenters. The van der Waals surface area contributed by atoms with Gasteiger partial charge in [-0.15, -0.1) is 0 Å². The number of rotatable bonds is 14. The molecule has 0 saturated heterocycles. The van der Waals surface area contributed by atoms with Crippen molar-refractivity contribution in [3.8, 4) is 5.75 Å². The van der Waals surface area contributed by atoms with E-state index in [2.05, 4.69) is 5.32 Å². The number of sulfonamides is 1. The number of hydrogen-bond donors (Lipinski definition) is 1. The van der Waals surface area contributed by atoms with E-state index >= 15 is 0 Å². The molecule has 1 atom stereocenters. The maximum Gasteiger partial charge on any atom is 0.243 e. The molecule has 3 aromatic rings. The molecular formula is C32H40ClN3O5S. The van der Waals surface area contributed by atoms with Crippen LogP contribution in [0.2, 0.25) is 5.02 Å². The van der Waals surface area contributed by atoms with E-state index in [0.717, 1.165) is 17.4 Å². The number of methoxy groups -OCH3 is 1. The molecule has 2 amide bonds. The first-order valence-electron chi connectivity index (χ1n) is 13.9. The lowest BCUT2D eigenvalue weighted by Gasteiger charge is -2.32. The number of carbonyl (C=O) groups is 2. The highest BCUT2D eigenvalue weighted by molar-refractivity contribution is 7.92. The van der Waals surface area contributed by atoms with Crippen molar-refractivity contribution in [2.45, 2.75) is 58.7 Å². The van der Waals surface area contributed by atoms with E-state index in [1.54, 1.807) is 37.1 Å². The molecule has 10 heteroatoms. The first-order chi connectivity index (χ1) is 19.9. The van der Waals surface area contributed by atoms with Gasteiger partial charge >= 0.3 is 0 Å². The number of halogens is 1. The summed E-state index contributed by atoms with van der Waals surface area (Å²) >= 11 is 6.27. The molecule has 0 heterocycles. The average Bonchev–Trinajstić information content (AvgIpc) is 2.94. The summed E-state index contributed by atoms with van der Waals surface area (Å²) in [4.78, 5) is 29.1. The molecule has 0 aliphatic rings. The van der Waals surface area contributed by atoms with Gasteiger partial charge in [-0.2, -0.15) is 0 Å². The first-order valence-corrected chi connectivity index (χ1v) is 16.1. The Bertz CT molecular complexity index is 1460. The fourth-order valence-electron chi connectivity index (χ4n) is 4.75. The predicted molar refractivity (Wildman–Crippen MR) is 168 cm³/mol. The third-order valence-corrected chi connectivity index (χ3v) is 8.44. The second kappa shape index (κ2) is 15.1. The van der Waals surface area contributed by atoms with Gasteiger partial charge in [0.25, 0.3) is 0 Å². The van der Waals surface area contributed by atoms with E-state index in [9.17, 15) is 18.0 Å². The van der Waals surface area contributed by atoms with Crippen molar-refractivity contribution in [1.82, 2.24) is 10.2 Å². The van der Waals surface area contributed by atoms with Crippen molar-refractivity contribution < 1.29 is 22.7 Å². The number of ether oxygens (including phenoxy) is 1. The Morgan fingerprint density at radius 1 is 0.976 bits per heavy atom. The largest absolute Gasteiger partial charge is 0.497 e. The number of hydrogen-bond acceptors (Lipinski definition) is 5. The van der Waals surface area contributed by atoms with Crippen LogP contribution in [0.25, 0.3) is 0 Å². The van der Waals surface area contributed by atoms with Crippen molar-refractivity contribution in [2.75, 3.05) is 24.2 Å². The number of benzene rings is 3. The fourth-order valence-corrected chi connectivity index (χ4v) is 5.94. The van der Waals surface area contributed by atoms with E-state index in [4.69, 9.17) is 16.3 Å². The zero-order valence-corrected chi connectivity index (χ0v) is 26.4. The van der Waals surface area contributed by atoms with Crippen molar-refractivity contribution in [2.24, 2.45) is 0 Å². The molecule has 226 valence electrons. The van der Waals surface area contributed by atoms with Crippen molar-refractivity contribution in [1.29, 1.82) is 0 Å². The minimum absolute atomic E-state index is 0.0375. The Labute approximate surface area is 254 Å². The van der Waals surface area contributed by atoms with E-state index in [0.29, 0.717) is 28.4 Å². The van der Waals surface area contributed by atoms with Gasteiger partial charge in [0, 0.05) is 37.0 Å². The normalized spacial score (nSPS) is 12.1. The average molecular weight is 614 g/mol. The monoisotopic (exact) mass is 613 g/mol. The van der Waals surface area contributed by atoms with Gasteiger partial charge in [-0.3, -0.25) is 13.9 Å². The lowest BCUT2D eigenvalue weighted by atomic mass is 10.0. The van der Waals surface area contributed by atoms with Gasteiger partial charge in [0.05, 0.1) is 19.1 Å². The summed E-state index contributed by atoms with van der Waals surface area (Å²) in [5.41, 5.74) is 2.85. The quantitative estimate of drug-likeness (QED) is 0.264. The van der Waals surface area contributed by atoms with Gasteiger partial charge in [-0.05, 0) is 68.1 Å². The second-order valence-electron chi connectivity index (χ2n) is 10.6. The van der Waals surface area contributed by atoms with Gasteiger partial charge in [-0.25, -0.2) is 8.42 Å². The van der Waals surface area contributed by atoms with Gasteiger partial charge < -0.3 is 15.0 Å². The van der Waals surface area contributed by atoms with Crippen LogP contribution in [-0.2, 0) is 32.6 Å². The minimum Gasteiger partial charge on any atom is -0.497 e. The smallest absolute Gasteiger partial charge is 0.243 e. The number of nitrogens with one attached hydrogen (secondary N) is 1. The van der Waals surface area contributed by atoms with E-state index < -0.39 is 16.1 Å². The van der Waals surface area contributed by atoms with Crippen LogP contribution in [0.5, 0.6) is 5.75 Å². The highest BCUT2D eigenvalue weighted by Crippen LogP contribution is 2.29. The van der Waals surface area contributed by atoms with Gasteiger partial charge in [-0.1, -0.05) is 60.1 Å². The third-order valence-electron chi connectivity index (χ3n) is 6.85. The standard InChI is InChI=1S/C32H40ClN3O5S/c1-23(2)34-32(38)30(21-25-12-7-6-8-13-25)35(22-26-14-9-15-27(20-26)41-4)31(37)18-11-19-36(42(5,39)40)29-17-10-16-28(33)24(29)3/h6-10,12-17,20,23,30H,11,18-19,21-22H2,1-5H3,(H,34,38)/t30-/m0/s1. The molecule has 8 nitrogen and oxygen atoms in total. The lowest BCUT2D eigenvalue weighted by molar-refractivity contribution is -0.141. The molecule has 0 aliphatic heterocycles. The maximum absolute atomic E-state index is 13.9. The fraction of sp³-hybridized carbons (Fsp3) is 0.375. The summed E-state index contributed by atoms with van der Waals surface area (Å²) in [6.45, 7) is 5.79. The molecule has 3 rings (SSSR count). The van der Waals surface area contributed by atoms with Crippen LogP contribution in [-0.4, -0.2) is 57.1 Å². The molecule has 0 bridgehead atoms. The van der Waals surface area contributed by atoms with Crippen LogP contribution in [0.1, 0.15) is 43.4 Å². The molecule has 0 spiro atoms. The molecule has 0 fully saturated rings. The number of carbonyl (C=O) groups excluding carboxylic acids is 2. The van der Waals surface area contributed by atoms with E-state index in [1.165, 1.54) is 4.31 Å². The van der Waals surface area contributed by atoms with Crippen molar-refractivity contribution >= 4 is 39.1 Å². The Balaban J connectivity index is 1.92. The molecular weight excluding hydrogens is 574 g/mol. The zero-order valence-electron chi connectivity index (χ0n) is 24.8. The topological polar surface area (TPSA) is 96.0 Å². The Morgan fingerprint density at radius 2 is 1.64 bits per heavy atom. The maximum atomic E-state index is 13.9. The summed E-state index contributed by atoms with van der Waals surface area (Å²) in [6.07, 6.45) is 1.74. The molecule has 3 aromatic carbocycles. The van der Waals surface area contributed by atoms with Crippen LogP contribution in [0.4, 0.5) is 5.69 Å². The van der Waals surface area contributed by atoms with Crippen molar-refractivity contribution in [3.63, 3.8) is 0 Å². The Kier molecular flexibility index (Phi) is 11.8. The number of anilines is 1. The summed E-state index contributed by atoms with van der Waals surface area (Å²) in [6, 6.07) is 21.2. The van der Waals surface area contributed by atoms with Crippen LogP contribution in [0.3, 0.4) is 0 Å². The first kappa shape index (κ1) is 32.9. The van der Waals surface area contributed by atoms with Gasteiger partial charge in [0.1, 0.15) is 11.8 Å². The summed E-state index contributed by atoms with van der Waals surface area (Å²) in [5.74, 6) is 0.137. The molecule has 0 radical (unpaired) electrons. The lowest BCUT2D eigenvalue weighted by Crippen LogP contribution is -2.51. The molecule has 0 saturated carbocycles. The molecule has 0 aromatic heterocycles. The number of amides is 2. The van der Waals surface area contributed by atoms with Crippen LogP contribution in [0, 0.1) is 6.92 Å². The number of nitrogens with zero attached hydrogens (tertiary/aromatic N) is 2. The summed E-state index contributed by atoms with van der Waals surface area (Å²) in [7, 11) is -2.07. The predicted octanol–water partition coefficient (Wildman–Crippen LogP) is 5.37. The minimum atomic E-state index is -3.64. The van der Waals surface area contributed by atoms with Crippen LogP contribution < -0.4 is 14.4 Å². The molecule has 42 heavy (non-hydrogen) atoms. The molecule has 0 aliphatic carbocycles. The summed E-state index contributed by atoms with van der Waals surface area (Å²) in [5, 5.41) is 3.44. The SMILES string of the molecule is COc1cccc(CN(C(=O)CCCN(c2cccc(Cl)c2C)S(C)(=O)=O)[C@@H](Cc2ccccc2)C(=O)NC(C)C)c1.